The van der Waals surface area contributed by atoms with Gasteiger partial charge in [-0.3, -0.25) is 0 Å². The Morgan fingerprint density at radius 3 is 2.53 bits per heavy atom. The zero-order chi connectivity index (χ0) is 24.7. The molecule has 1 unspecified atom stereocenters. The Labute approximate surface area is 200 Å². The SMILES string of the molecule is CCN(CC)CCOc1ccccc1S(=O)(=O)Cc1ccc(C2C=COC2)c(OC)c1C(=O)O. The van der Waals surface area contributed by atoms with Crippen LogP contribution >= 0.6 is 0 Å². The van der Waals surface area contributed by atoms with Crippen LogP contribution in [0.15, 0.2) is 53.6 Å². The Morgan fingerprint density at radius 1 is 1.18 bits per heavy atom. The molecule has 0 spiro atoms. The highest BCUT2D eigenvalue weighted by atomic mass is 32.2. The second-order valence-electron chi connectivity index (χ2n) is 7.88. The van der Waals surface area contributed by atoms with E-state index in [-0.39, 0.29) is 33.4 Å². The van der Waals surface area contributed by atoms with E-state index in [9.17, 15) is 18.3 Å². The number of carboxylic acid groups (broad SMARTS) is 1. The van der Waals surface area contributed by atoms with Crippen LogP contribution in [0, 0.1) is 0 Å². The molecule has 1 N–H and O–H groups in total. The van der Waals surface area contributed by atoms with Crippen molar-refractivity contribution in [1.29, 1.82) is 0 Å². The average molecular weight is 490 g/mol. The van der Waals surface area contributed by atoms with Crippen molar-refractivity contribution >= 4 is 15.8 Å². The first kappa shape index (κ1) is 25.6. The average Bonchev–Trinajstić information content (AvgIpc) is 3.36. The van der Waals surface area contributed by atoms with E-state index in [0.717, 1.165) is 13.1 Å². The summed E-state index contributed by atoms with van der Waals surface area (Å²) in [6, 6.07) is 9.67. The highest BCUT2D eigenvalue weighted by molar-refractivity contribution is 7.90. The fourth-order valence-electron chi connectivity index (χ4n) is 4.00. The zero-order valence-electron chi connectivity index (χ0n) is 19.7. The molecule has 2 aromatic rings. The minimum atomic E-state index is -3.91. The van der Waals surface area contributed by atoms with Gasteiger partial charge < -0.3 is 24.2 Å². The summed E-state index contributed by atoms with van der Waals surface area (Å²) in [4.78, 5) is 14.4. The molecular formula is C25H31NO7S. The van der Waals surface area contributed by atoms with E-state index in [0.29, 0.717) is 25.3 Å². The number of carbonyl (C=O) groups is 1. The summed E-state index contributed by atoms with van der Waals surface area (Å²) in [6.45, 7) is 7.23. The van der Waals surface area contributed by atoms with E-state index in [1.54, 1.807) is 30.5 Å². The highest BCUT2D eigenvalue weighted by Gasteiger charge is 2.29. The summed E-state index contributed by atoms with van der Waals surface area (Å²) in [5.41, 5.74) is 0.618. The second kappa shape index (κ2) is 11.4. The maximum Gasteiger partial charge on any atom is 0.339 e. The molecule has 1 atom stereocenters. The number of hydrogen-bond acceptors (Lipinski definition) is 7. The lowest BCUT2D eigenvalue weighted by atomic mass is 9.94. The third kappa shape index (κ3) is 5.71. The lowest BCUT2D eigenvalue weighted by molar-refractivity contribution is 0.0692. The molecule has 0 saturated heterocycles. The zero-order valence-corrected chi connectivity index (χ0v) is 20.5. The number of hydrogen-bond donors (Lipinski definition) is 1. The number of benzene rings is 2. The van der Waals surface area contributed by atoms with Crippen molar-refractivity contribution < 1.29 is 32.5 Å². The lowest BCUT2D eigenvalue weighted by Gasteiger charge is -2.19. The molecule has 0 radical (unpaired) electrons. The summed E-state index contributed by atoms with van der Waals surface area (Å²) < 4.78 is 43.3. The van der Waals surface area contributed by atoms with E-state index >= 15 is 0 Å². The molecule has 1 heterocycles. The number of ether oxygens (including phenoxy) is 3. The van der Waals surface area contributed by atoms with Gasteiger partial charge in [0.1, 0.15) is 28.6 Å². The monoisotopic (exact) mass is 489 g/mol. The quantitative estimate of drug-likeness (QED) is 0.481. The predicted molar refractivity (Wildman–Crippen MR) is 128 cm³/mol. The standard InChI is InChI=1S/C25H31NO7S/c1-4-26(5-2)13-15-33-21-8-6-7-9-22(21)34(29,30)17-19-10-11-20(18-12-14-32-16-18)24(31-3)23(19)25(27)28/h6-12,14,18H,4-5,13,15-17H2,1-3H3,(H,27,28). The third-order valence-corrected chi connectivity index (χ3v) is 7.56. The number of nitrogens with zero attached hydrogens (tertiary/aromatic N) is 1. The Kier molecular flexibility index (Phi) is 8.57. The molecule has 0 amide bonds. The van der Waals surface area contributed by atoms with Gasteiger partial charge in [0, 0.05) is 18.0 Å². The fraction of sp³-hybridized carbons (Fsp3) is 0.400. The summed E-state index contributed by atoms with van der Waals surface area (Å²) in [6.07, 6.45) is 3.37. The predicted octanol–water partition coefficient (Wildman–Crippen LogP) is 3.72. The van der Waals surface area contributed by atoms with Crippen LogP contribution in [0.5, 0.6) is 11.5 Å². The molecule has 184 valence electrons. The van der Waals surface area contributed by atoms with Crippen LogP contribution in [0.4, 0.5) is 0 Å². The van der Waals surface area contributed by atoms with Gasteiger partial charge in [-0.25, -0.2) is 13.2 Å². The number of methoxy groups -OCH3 is 1. The highest BCUT2D eigenvalue weighted by Crippen LogP contribution is 2.37. The van der Waals surface area contributed by atoms with E-state index in [1.807, 2.05) is 6.08 Å². The van der Waals surface area contributed by atoms with E-state index in [1.165, 1.54) is 19.2 Å². The van der Waals surface area contributed by atoms with Gasteiger partial charge in [0.25, 0.3) is 0 Å². The van der Waals surface area contributed by atoms with Crippen LogP contribution in [0.3, 0.4) is 0 Å². The van der Waals surface area contributed by atoms with Crippen LogP contribution in [-0.2, 0) is 20.3 Å². The Morgan fingerprint density at radius 2 is 1.91 bits per heavy atom. The van der Waals surface area contributed by atoms with Crippen molar-refractivity contribution in [2.45, 2.75) is 30.4 Å². The van der Waals surface area contributed by atoms with Gasteiger partial charge in [0.15, 0.2) is 9.84 Å². The molecule has 8 nitrogen and oxygen atoms in total. The number of aromatic carboxylic acids is 1. The van der Waals surface area contributed by atoms with Crippen LogP contribution in [0.2, 0.25) is 0 Å². The molecule has 0 fully saturated rings. The Balaban J connectivity index is 1.92. The van der Waals surface area contributed by atoms with Crippen LogP contribution in [0.25, 0.3) is 0 Å². The van der Waals surface area contributed by atoms with Gasteiger partial charge in [-0.1, -0.05) is 38.1 Å². The molecule has 3 rings (SSSR count). The maximum atomic E-state index is 13.4. The smallest absolute Gasteiger partial charge is 0.339 e. The molecule has 0 saturated carbocycles. The fourth-order valence-corrected chi connectivity index (χ4v) is 5.52. The first-order chi connectivity index (χ1) is 16.3. The lowest BCUT2D eigenvalue weighted by Crippen LogP contribution is -2.28. The summed E-state index contributed by atoms with van der Waals surface area (Å²) in [7, 11) is -2.54. The number of likely N-dealkylation sites (N-methyl/N-ethyl adjacent to an activating group) is 1. The number of rotatable bonds is 12. The van der Waals surface area contributed by atoms with Crippen molar-refractivity contribution in [2.75, 3.05) is 40.0 Å². The molecule has 1 aliphatic rings. The molecular weight excluding hydrogens is 458 g/mol. The van der Waals surface area contributed by atoms with Crippen LogP contribution in [0.1, 0.15) is 41.3 Å². The van der Waals surface area contributed by atoms with E-state index in [4.69, 9.17) is 14.2 Å². The van der Waals surface area contributed by atoms with E-state index < -0.39 is 21.6 Å². The molecule has 0 aromatic heterocycles. The molecule has 2 aromatic carbocycles. The molecule has 0 aliphatic carbocycles. The number of sulfone groups is 1. The largest absolute Gasteiger partial charge is 0.501 e. The first-order valence-corrected chi connectivity index (χ1v) is 12.9. The van der Waals surface area contributed by atoms with Crippen molar-refractivity contribution in [3.05, 3.63) is 65.4 Å². The van der Waals surface area contributed by atoms with Gasteiger partial charge in [-0.15, -0.1) is 0 Å². The Hall–Kier alpha value is -3.04. The molecule has 0 bridgehead atoms. The number of para-hydroxylation sites is 1. The van der Waals surface area contributed by atoms with Gasteiger partial charge in [-0.2, -0.15) is 0 Å². The number of carboxylic acids is 1. The first-order valence-electron chi connectivity index (χ1n) is 11.2. The van der Waals surface area contributed by atoms with Gasteiger partial charge in [0.05, 0.1) is 25.7 Å². The Bertz CT molecular complexity index is 1140. The van der Waals surface area contributed by atoms with Crippen LogP contribution in [-0.4, -0.2) is 64.4 Å². The maximum absolute atomic E-state index is 13.4. The summed E-state index contributed by atoms with van der Waals surface area (Å²) >= 11 is 0. The minimum Gasteiger partial charge on any atom is -0.501 e. The summed E-state index contributed by atoms with van der Waals surface area (Å²) in [5.74, 6) is -1.53. The van der Waals surface area contributed by atoms with Crippen molar-refractivity contribution in [3.8, 4) is 11.5 Å². The molecule has 1 aliphatic heterocycles. The van der Waals surface area contributed by atoms with Crippen LogP contribution < -0.4 is 9.47 Å². The second-order valence-corrected chi connectivity index (χ2v) is 9.83. The normalized spacial score (nSPS) is 15.4. The molecule has 9 heteroatoms. The van der Waals surface area contributed by atoms with Gasteiger partial charge >= 0.3 is 5.97 Å². The molecule has 34 heavy (non-hydrogen) atoms. The topological polar surface area (TPSA) is 102 Å². The third-order valence-electron chi connectivity index (χ3n) is 5.86. The minimum absolute atomic E-state index is 0.0288. The summed E-state index contributed by atoms with van der Waals surface area (Å²) in [5, 5.41) is 9.93. The van der Waals surface area contributed by atoms with Gasteiger partial charge in [-0.05, 0) is 36.9 Å². The van der Waals surface area contributed by atoms with E-state index in [2.05, 4.69) is 18.7 Å². The van der Waals surface area contributed by atoms with Crippen molar-refractivity contribution in [2.24, 2.45) is 0 Å². The van der Waals surface area contributed by atoms with Crippen molar-refractivity contribution in [3.63, 3.8) is 0 Å². The van der Waals surface area contributed by atoms with Crippen molar-refractivity contribution in [1.82, 2.24) is 4.90 Å². The van der Waals surface area contributed by atoms with Gasteiger partial charge in [0.2, 0.25) is 0 Å².